The molecule has 0 saturated heterocycles. The molecule has 0 spiro atoms. The number of aliphatic hydroxyl groups is 1. The standard InChI is InChI=1S/C28H25F4N5O3/c29-26(30)40-19-3-1-2-17(12-19)24(38)36-21-6-11-37-22-13-16(4-5-20(22)35-23(21)37)18-14-33-25(34-15-18)27(39)7-9-28(31,32)10-8-27/h1-5,12-15,21,26,39H,6-11H2,(H,36,38)/t21-/m1/s1. The molecule has 2 N–H and O–H groups in total. The van der Waals surface area contributed by atoms with E-state index in [2.05, 4.69) is 20.0 Å². The summed E-state index contributed by atoms with van der Waals surface area (Å²) < 4.78 is 58.6. The zero-order valence-electron chi connectivity index (χ0n) is 21.2. The number of ether oxygens (including phenoxy) is 1. The van der Waals surface area contributed by atoms with Crippen LogP contribution in [0.3, 0.4) is 0 Å². The van der Waals surface area contributed by atoms with Gasteiger partial charge >= 0.3 is 6.61 Å². The van der Waals surface area contributed by atoms with Gasteiger partial charge in [-0.1, -0.05) is 12.1 Å². The van der Waals surface area contributed by atoms with Gasteiger partial charge in [0.25, 0.3) is 5.91 Å². The van der Waals surface area contributed by atoms with Crippen LogP contribution in [-0.2, 0) is 12.1 Å². The van der Waals surface area contributed by atoms with Crippen LogP contribution < -0.4 is 10.1 Å². The van der Waals surface area contributed by atoms with Crippen molar-refractivity contribution in [2.45, 2.75) is 62.8 Å². The van der Waals surface area contributed by atoms with Crippen LogP contribution in [0.4, 0.5) is 17.6 Å². The Morgan fingerprint density at radius 2 is 1.80 bits per heavy atom. The van der Waals surface area contributed by atoms with Crippen LogP contribution in [0.5, 0.6) is 5.75 Å². The number of rotatable bonds is 6. The fourth-order valence-electron chi connectivity index (χ4n) is 5.37. The molecule has 2 aromatic carbocycles. The number of hydrogen-bond acceptors (Lipinski definition) is 6. The van der Waals surface area contributed by atoms with Gasteiger partial charge in [-0.3, -0.25) is 4.79 Å². The number of aryl methyl sites for hydroxylation is 1. The van der Waals surface area contributed by atoms with E-state index < -0.39 is 36.9 Å². The van der Waals surface area contributed by atoms with Crippen LogP contribution in [0.25, 0.3) is 22.2 Å². The van der Waals surface area contributed by atoms with Crippen LogP contribution in [0.2, 0.25) is 0 Å². The third-order valence-corrected chi connectivity index (χ3v) is 7.57. The van der Waals surface area contributed by atoms with Crippen molar-refractivity contribution in [3.05, 3.63) is 72.1 Å². The van der Waals surface area contributed by atoms with Crippen molar-refractivity contribution in [1.29, 1.82) is 0 Å². The summed E-state index contributed by atoms with van der Waals surface area (Å²) in [7, 11) is 0. The molecule has 6 rings (SSSR count). The smallest absolute Gasteiger partial charge is 0.387 e. The highest BCUT2D eigenvalue weighted by molar-refractivity contribution is 5.95. The van der Waals surface area contributed by atoms with E-state index >= 15 is 0 Å². The van der Waals surface area contributed by atoms with E-state index in [-0.39, 0.29) is 36.0 Å². The molecule has 0 bridgehead atoms. The SMILES string of the molecule is O=C(N[C@@H]1CCn2c1nc1ccc(-c3cnc(C4(O)CCC(F)(F)CC4)nc3)cc12)c1cccc(OC(F)F)c1. The molecule has 208 valence electrons. The first kappa shape index (κ1) is 26.2. The minimum Gasteiger partial charge on any atom is -0.435 e. The summed E-state index contributed by atoms with van der Waals surface area (Å²) in [5, 5.41) is 13.8. The lowest BCUT2D eigenvalue weighted by Gasteiger charge is -2.34. The topological polar surface area (TPSA) is 102 Å². The molecule has 2 aromatic heterocycles. The molecule has 0 radical (unpaired) electrons. The lowest BCUT2D eigenvalue weighted by Crippen LogP contribution is -2.37. The molecule has 1 aliphatic carbocycles. The van der Waals surface area contributed by atoms with Crippen molar-refractivity contribution < 1.29 is 32.2 Å². The Balaban J connectivity index is 1.20. The molecule has 3 heterocycles. The van der Waals surface area contributed by atoms with Crippen molar-refractivity contribution in [1.82, 2.24) is 24.8 Å². The molecule has 0 unspecified atom stereocenters. The van der Waals surface area contributed by atoms with Crippen LogP contribution in [0.15, 0.2) is 54.9 Å². The summed E-state index contributed by atoms with van der Waals surface area (Å²) in [6, 6.07) is 10.9. The Morgan fingerprint density at radius 3 is 2.52 bits per heavy atom. The van der Waals surface area contributed by atoms with Crippen molar-refractivity contribution in [3.63, 3.8) is 0 Å². The summed E-state index contributed by atoms with van der Waals surface area (Å²) in [4.78, 5) is 26.2. The number of carbonyl (C=O) groups is 1. The maximum Gasteiger partial charge on any atom is 0.387 e. The molecule has 12 heteroatoms. The van der Waals surface area contributed by atoms with Crippen LogP contribution in [0.1, 0.15) is 60.2 Å². The summed E-state index contributed by atoms with van der Waals surface area (Å²) in [6.07, 6.45) is 2.75. The van der Waals surface area contributed by atoms with Gasteiger partial charge in [0.2, 0.25) is 5.92 Å². The molecule has 40 heavy (non-hydrogen) atoms. The van der Waals surface area contributed by atoms with Gasteiger partial charge in [0.15, 0.2) is 5.82 Å². The van der Waals surface area contributed by atoms with Crippen LogP contribution in [-0.4, -0.2) is 43.1 Å². The molecule has 1 saturated carbocycles. The number of aromatic nitrogens is 4. The van der Waals surface area contributed by atoms with E-state index in [1.165, 1.54) is 24.3 Å². The van der Waals surface area contributed by atoms with Crippen molar-refractivity contribution in [2.75, 3.05) is 0 Å². The average molecular weight is 556 g/mol. The minimum atomic E-state index is -2.98. The highest BCUT2D eigenvalue weighted by Gasteiger charge is 2.44. The monoisotopic (exact) mass is 555 g/mol. The second kappa shape index (κ2) is 9.84. The normalized spacial score (nSPS) is 19.5. The number of nitrogens with one attached hydrogen (secondary N) is 1. The molecule has 1 fully saturated rings. The summed E-state index contributed by atoms with van der Waals surface area (Å²) in [5.74, 6) is -2.47. The predicted octanol–water partition coefficient (Wildman–Crippen LogP) is 5.37. The van der Waals surface area contributed by atoms with E-state index in [9.17, 15) is 27.5 Å². The van der Waals surface area contributed by atoms with Gasteiger partial charge in [-0.05, 0) is 55.2 Å². The molecule has 8 nitrogen and oxygen atoms in total. The first-order valence-electron chi connectivity index (χ1n) is 12.9. The molecule has 2 aliphatic rings. The van der Waals surface area contributed by atoms with E-state index in [0.29, 0.717) is 24.4 Å². The van der Waals surface area contributed by atoms with Gasteiger partial charge in [-0.25, -0.2) is 23.7 Å². The third kappa shape index (κ3) is 4.99. The van der Waals surface area contributed by atoms with Crippen molar-refractivity contribution in [2.24, 2.45) is 0 Å². The lowest BCUT2D eigenvalue weighted by atomic mass is 9.82. The number of nitrogens with zero attached hydrogens (tertiary/aromatic N) is 4. The number of imidazole rings is 1. The highest BCUT2D eigenvalue weighted by atomic mass is 19.3. The zero-order valence-corrected chi connectivity index (χ0v) is 21.2. The van der Waals surface area contributed by atoms with Crippen molar-refractivity contribution >= 4 is 16.9 Å². The third-order valence-electron chi connectivity index (χ3n) is 7.57. The van der Waals surface area contributed by atoms with Gasteiger partial charge in [0.1, 0.15) is 17.2 Å². The number of hydrogen-bond donors (Lipinski definition) is 2. The Labute approximate surface area is 226 Å². The highest BCUT2D eigenvalue weighted by Crippen LogP contribution is 2.42. The van der Waals surface area contributed by atoms with E-state index in [4.69, 9.17) is 4.98 Å². The molecular weight excluding hydrogens is 530 g/mol. The summed E-state index contributed by atoms with van der Waals surface area (Å²) in [6.45, 7) is -2.37. The van der Waals surface area contributed by atoms with E-state index in [1.54, 1.807) is 12.4 Å². The number of carbonyl (C=O) groups excluding carboxylic acids is 1. The van der Waals surface area contributed by atoms with Gasteiger partial charge in [-0.2, -0.15) is 8.78 Å². The fourth-order valence-corrected chi connectivity index (χ4v) is 5.37. The fraction of sp³-hybridized carbons (Fsp3) is 0.357. The summed E-state index contributed by atoms with van der Waals surface area (Å²) in [5.41, 5.74) is 1.83. The first-order valence-corrected chi connectivity index (χ1v) is 12.9. The quantitative estimate of drug-likeness (QED) is 0.311. The maximum atomic E-state index is 13.6. The average Bonchev–Trinajstić information content (AvgIpc) is 3.50. The second-order valence-electron chi connectivity index (χ2n) is 10.2. The van der Waals surface area contributed by atoms with Crippen molar-refractivity contribution in [3.8, 4) is 16.9 Å². The van der Waals surface area contributed by atoms with Crippen LogP contribution >= 0.6 is 0 Å². The number of halogens is 4. The molecule has 1 amide bonds. The molecular formula is C28H25F4N5O3. The Hall–Kier alpha value is -4.06. The minimum absolute atomic E-state index is 0.0969. The molecule has 1 atom stereocenters. The summed E-state index contributed by atoms with van der Waals surface area (Å²) >= 11 is 0. The number of amides is 1. The van der Waals surface area contributed by atoms with Gasteiger partial charge < -0.3 is 19.7 Å². The Morgan fingerprint density at radius 1 is 1.05 bits per heavy atom. The van der Waals surface area contributed by atoms with Gasteiger partial charge in [0, 0.05) is 42.9 Å². The number of alkyl halides is 4. The van der Waals surface area contributed by atoms with E-state index in [0.717, 1.165) is 16.6 Å². The predicted molar refractivity (Wildman–Crippen MR) is 136 cm³/mol. The zero-order chi connectivity index (χ0) is 28.1. The number of benzene rings is 2. The second-order valence-corrected chi connectivity index (χ2v) is 10.2. The largest absolute Gasteiger partial charge is 0.435 e. The molecule has 1 aliphatic heterocycles. The van der Waals surface area contributed by atoms with Gasteiger partial charge in [-0.15, -0.1) is 0 Å². The Kier molecular flexibility index (Phi) is 6.44. The Bertz CT molecular complexity index is 1560. The number of fused-ring (bicyclic) bond motifs is 3. The van der Waals surface area contributed by atoms with Crippen LogP contribution in [0, 0.1) is 0 Å². The lowest BCUT2D eigenvalue weighted by molar-refractivity contribution is -0.110. The first-order chi connectivity index (χ1) is 19.1. The van der Waals surface area contributed by atoms with E-state index in [1.807, 2.05) is 22.8 Å². The van der Waals surface area contributed by atoms with Gasteiger partial charge in [0.05, 0.1) is 17.1 Å². The maximum absolute atomic E-state index is 13.6. The molecule has 4 aromatic rings.